The van der Waals surface area contributed by atoms with Crippen LogP contribution in [0.15, 0.2) is 54.6 Å². The number of nitrogens with zero attached hydrogens (tertiary/aromatic N) is 2. The highest BCUT2D eigenvalue weighted by Gasteiger charge is 2.32. The molecule has 0 aliphatic carbocycles. The summed E-state index contributed by atoms with van der Waals surface area (Å²) in [5, 5.41) is 30.2. The number of amides is 4. The third kappa shape index (κ3) is 12.1. The largest absolute Gasteiger partial charge is 0.453 e. The molecule has 244 valence electrons. The van der Waals surface area contributed by atoms with Crippen molar-refractivity contribution in [2.45, 2.75) is 64.9 Å². The van der Waals surface area contributed by atoms with Gasteiger partial charge in [-0.3, -0.25) is 15.0 Å². The number of carbonyl (C=O) groups is 4. The van der Waals surface area contributed by atoms with E-state index in [4.69, 9.17) is 0 Å². The summed E-state index contributed by atoms with van der Waals surface area (Å²) in [7, 11) is 2.40. The number of benzene rings is 2. The summed E-state index contributed by atoms with van der Waals surface area (Å²) in [5.41, 5.74) is 4.83. The minimum atomic E-state index is -1.22. The molecular weight excluding hydrogens is 580 g/mol. The number of carbonyl (C=O) groups excluding carboxylic acids is 4. The summed E-state index contributed by atoms with van der Waals surface area (Å²) in [6.45, 7) is 7.06. The predicted octanol–water partition coefficient (Wildman–Crippen LogP) is 2.24. The number of aliphatic hydroxyl groups is 1. The molecule has 2 aromatic carbocycles. The third-order valence-corrected chi connectivity index (χ3v) is 7.04. The number of ether oxygens (including phenoxy) is 2. The average Bonchev–Trinajstić information content (AvgIpc) is 3.02. The van der Waals surface area contributed by atoms with E-state index in [1.54, 1.807) is 52.0 Å². The normalized spacial score (nSPS) is 13.6. The van der Waals surface area contributed by atoms with E-state index in [2.05, 4.69) is 36.9 Å². The first-order chi connectivity index (χ1) is 21.4. The Bertz CT molecular complexity index is 1300. The van der Waals surface area contributed by atoms with Gasteiger partial charge in [-0.25, -0.2) is 14.6 Å². The van der Waals surface area contributed by atoms with Crippen molar-refractivity contribution >= 4 is 24.0 Å². The van der Waals surface area contributed by atoms with Crippen LogP contribution in [0.2, 0.25) is 0 Å². The van der Waals surface area contributed by atoms with Crippen LogP contribution in [0.1, 0.15) is 44.4 Å². The van der Waals surface area contributed by atoms with Gasteiger partial charge in [0.15, 0.2) is 0 Å². The van der Waals surface area contributed by atoms with Crippen LogP contribution in [-0.4, -0.2) is 79.1 Å². The SMILES string of the molecule is COC(=O)N[C@H](C(=O)N[C@@H](Cc1ccccc1)[C@@H](O)CN(Cc1ccc(C#N)cc1)NC(=O)[C@@H](NC(=O)OC)C(C)C)C(C)C. The first kappa shape index (κ1) is 36.5. The molecule has 2 aromatic rings. The van der Waals surface area contributed by atoms with Crippen molar-refractivity contribution in [3.63, 3.8) is 0 Å². The number of rotatable bonds is 15. The standard InChI is InChI=1S/C32H44N6O7/c1-20(2)27(35-31(42)44-5)29(40)34-25(16-22-10-8-7-9-11-22)26(39)19-38(18-24-14-12-23(17-33)13-15-24)37-30(41)28(21(3)4)36-32(43)45-6/h7-15,20-21,25-28,39H,16,18-19H2,1-6H3,(H,34,40)(H,35,42)(H,36,43)(H,37,41)/t25-,26-,27-,28-/m0/s1. The second kappa shape index (κ2) is 18.2. The van der Waals surface area contributed by atoms with Crippen molar-refractivity contribution < 1.29 is 33.8 Å². The van der Waals surface area contributed by atoms with Gasteiger partial charge in [0.2, 0.25) is 5.91 Å². The first-order valence-corrected chi connectivity index (χ1v) is 14.6. The van der Waals surface area contributed by atoms with Crippen LogP contribution in [-0.2, 0) is 32.0 Å². The number of nitrogens with one attached hydrogen (secondary N) is 4. The van der Waals surface area contributed by atoms with Crippen molar-refractivity contribution in [3.8, 4) is 6.07 Å². The molecule has 5 N–H and O–H groups in total. The van der Waals surface area contributed by atoms with E-state index < -0.39 is 48.2 Å². The van der Waals surface area contributed by atoms with Gasteiger partial charge in [0, 0.05) is 13.1 Å². The smallest absolute Gasteiger partial charge is 0.407 e. The Hall–Kier alpha value is -4.67. The molecule has 4 amide bonds. The molecule has 0 unspecified atom stereocenters. The number of aliphatic hydroxyl groups excluding tert-OH is 1. The van der Waals surface area contributed by atoms with Crippen molar-refractivity contribution in [3.05, 3.63) is 71.3 Å². The maximum Gasteiger partial charge on any atom is 0.407 e. The molecule has 13 heteroatoms. The summed E-state index contributed by atoms with van der Waals surface area (Å²) in [6, 6.07) is 15.3. The molecule has 0 fully saturated rings. The molecule has 0 aliphatic rings. The minimum absolute atomic E-state index is 0.127. The van der Waals surface area contributed by atoms with E-state index in [0.29, 0.717) is 5.56 Å². The van der Waals surface area contributed by atoms with E-state index in [1.807, 2.05) is 30.3 Å². The van der Waals surface area contributed by atoms with Crippen LogP contribution in [0.25, 0.3) is 0 Å². The zero-order valence-electron chi connectivity index (χ0n) is 26.6. The second-order valence-electron chi connectivity index (χ2n) is 11.3. The van der Waals surface area contributed by atoms with E-state index in [0.717, 1.165) is 11.1 Å². The lowest BCUT2D eigenvalue weighted by atomic mass is 9.98. The summed E-state index contributed by atoms with van der Waals surface area (Å²) < 4.78 is 9.35. The molecule has 13 nitrogen and oxygen atoms in total. The fourth-order valence-corrected chi connectivity index (χ4v) is 4.50. The molecule has 0 bridgehead atoms. The van der Waals surface area contributed by atoms with Gasteiger partial charge in [0.05, 0.1) is 38.0 Å². The van der Waals surface area contributed by atoms with Gasteiger partial charge < -0.3 is 30.5 Å². The number of alkyl carbamates (subject to hydrolysis) is 2. The Morgan fingerprint density at radius 2 is 1.33 bits per heavy atom. The van der Waals surface area contributed by atoms with Gasteiger partial charge in [-0.15, -0.1) is 0 Å². The number of nitriles is 1. The molecule has 0 saturated heterocycles. The molecule has 0 aromatic heterocycles. The number of methoxy groups -OCH3 is 2. The van der Waals surface area contributed by atoms with E-state index in [1.165, 1.54) is 19.2 Å². The molecule has 45 heavy (non-hydrogen) atoms. The Morgan fingerprint density at radius 3 is 1.82 bits per heavy atom. The van der Waals surface area contributed by atoms with Crippen molar-refractivity contribution in [2.24, 2.45) is 11.8 Å². The Balaban J connectivity index is 2.39. The third-order valence-electron chi connectivity index (χ3n) is 7.04. The molecule has 4 atom stereocenters. The Morgan fingerprint density at radius 1 is 0.800 bits per heavy atom. The summed E-state index contributed by atoms with van der Waals surface area (Å²) in [6.07, 6.45) is -2.51. The average molecular weight is 625 g/mol. The number of hydrazine groups is 1. The molecular formula is C32H44N6O7. The summed E-state index contributed by atoms with van der Waals surface area (Å²) in [4.78, 5) is 50.6. The van der Waals surface area contributed by atoms with E-state index in [9.17, 15) is 29.5 Å². The molecule has 0 saturated carbocycles. The number of hydrogen-bond acceptors (Lipinski definition) is 9. The zero-order chi connectivity index (χ0) is 33.5. The van der Waals surface area contributed by atoms with Crippen LogP contribution < -0.4 is 21.4 Å². The van der Waals surface area contributed by atoms with Gasteiger partial charge in [-0.05, 0) is 41.5 Å². The molecule has 2 rings (SSSR count). The Labute approximate surface area is 264 Å². The highest BCUT2D eigenvalue weighted by Crippen LogP contribution is 2.13. The van der Waals surface area contributed by atoms with Crippen LogP contribution in [0.3, 0.4) is 0 Å². The van der Waals surface area contributed by atoms with Crippen LogP contribution in [0, 0.1) is 23.2 Å². The summed E-state index contributed by atoms with van der Waals surface area (Å²) >= 11 is 0. The minimum Gasteiger partial charge on any atom is -0.453 e. The fraction of sp³-hybridized carbons (Fsp3) is 0.469. The van der Waals surface area contributed by atoms with E-state index >= 15 is 0 Å². The van der Waals surface area contributed by atoms with Gasteiger partial charge in [-0.1, -0.05) is 70.2 Å². The number of hydrogen-bond donors (Lipinski definition) is 5. The summed E-state index contributed by atoms with van der Waals surface area (Å²) in [5.74, 6) is -1.64. The van der Waals surface area contributed by atoms with Crippen LogP contribution >= 0.6 is 0 Å². The monoisotopic (exact) mass is 624 g/mol. The molecule has 0 aliphatic heterocycles. The van der Waals surface area contributed by atoms with Crippen molar-refractivity contribution in [2.75, 3.05) is 20.8 Å². The van der Waals surface area contributed by atoms with Gasteiger partial charge in [0.25, 0.3) is 5.91 Å². The fourth-order valence-electron chi connectivity index (χ4n) is 4.50. The first-order valence-electron chi connectivity index (χ1n) is 14.6. The topological polar surface area (TPSA) is 182 Å². The lowest BCUT2D eigenvalue weighted by molar-refractivity contribution is -0.131. The highest BCUT2D eigenvalue weighted by molar-refractivity contribution is 5.86. The molecule has 0 heterocycles. The van der Waals surface area contributed by atoms with Crippen molar-refractivity contribution in [1.29, 1.82) is 5.26 Å². The van der Waals surface area contributed by atoms with E-state index in [-0.39, 0.29) is 31.3 Å². The second-order valence-corrected chi connectivity index (χ2v) is 11.3. The maximum atomic E-state index is 13.4. The van der Waals surface area contributed by atoms with Crippen molar-refractivity contribution in [1.82, 2.24) is 26.4 Å². The van der Waals surface area contributed by atoms with Gasteiger partial charge in [-0.2, -0.15) is 5.26 Å². The van der Waals surface area contributed by atoms with Crippen LogP contribution in [0.4, 0.5) is 9.59 Å². The van der Waals surface area contributed by atoms with Crippen LogP contribution in [0.5, 0.6) is 0 Å². The quantitative estimate of drug-likeness (QED) is 0.186. The zero-order valence-corrected chi connectivity index (χ0v) is 26.6. The van der Waals surface area contributed by atoms with Gasteiger partial charge in [0.1, 0.15) is 12.1 Å². The lowest BCUT2D eigenvalue weighted by Gasteiger charge is -2.33. The highest BCUT2D eigenvalue weighted by atomic mass is 16.5. The Kier molecular flexibility index (Phi) is 14.8. The van der Waals surface area contributed by atoms with Gasteiger partial charge >= 0.3 is 12.2 Å². The lowest BCUT2D eigenvalue weighted by Crippen LogP contribution is -2.59. The predicted molar refractivity (Wildman–Crippen MR) is 166 cm³/mol. The molecule has 0 spiro atoms. The molecule has 0 radical (unpaired) electrons. The maximum absolute atomic E-state index is 13.4.